The molecule has 0 aliphatic rings. The topological polar surface area (TPSA) is 88.2 Å². The predicted octanol–water partition coefficient (Wildman–Crippen LogP) is 4.25. The predicted molar refractivity (Wildman–Crippen MR) is 129 cm³/mol. The molecule has 2 aromatic heterocycles. The number of H-pyrrole nitrogens is 1. The van der Waals surface area contributed by atoms with Crippen LogP contribution in [-0.2, 0) is 24.4 Å². The molecule has 4 rings (SSSR count). The highest BCUT2D eigenvalue weighted by Crippen LogP contribution is 2.21. The maximum atomic E-state index is 12.1. The molecule has 7 nitrogen and oxygen atoms in total. The molecule has 1 N–H and O–H groups in total. The van der Waals surface area contributed by atoms with Crippen LogP contribution in [-0.4, -0.2) is 32.5 Å². The van der Waals surface area contributed by atoms with E-state index in [1.807, 2.05) is 49.4 Å². The number of rotatable bonds is 9. The van der Waals surface area contributed by atoms with Crippen molar-refractivity contribution in [1.29, 1.82) is 0 Å². The number of fused-ring (bicyclic) bond motifs is 1. The number of aromatic nitrogens is 3. The largest absolute Gasteiger partial charge is 0.489 e. The Morgan fingerprint density at radius 3 is 2.67 bits per heavy atom. The monoisotopic (exact) mass is 462 g/mol. The summed E-state index contributed by atoms with van der Waals surface area (Å²) >= 11 is 1.11. The number of hydrogen-bond acceptors (Lipinski definition) is 6. The number of hydrogen-bond donors (Lipinski definition) is 1. The number of ether oxygens (including phenoxy) is 1. The van der Waals surface area contributed by atoms with Crippen LogP contribution in [0.3, 0.4) is 0 Å². The first-order valence-electron chi connectivity index (χ1n) is 10.8. The fourth-order valence-corrected chi connectivity index (χ4v) is 4.37. The number of nitrogens with zero attached hydrogens (tertiary/aromatic N) is 3. The normalized spacial score (nSPS) is 11.0. The van der Waals surface area contributed by atoms with Crippen molar-refractivity contribution in [2.75, 3.05) is 6.54 Å². The van der Waals surface area contributed by atoms with Crippen LogP contribution >= 0.6 is 11.3 Å². The number of aryl methyl sites for hydroxylation is 2. The zero-order valence-corrected chi connectivity index (χ0v) is 19.5. The molecule has 1 amide bonds. The van der Waals surface area contributed by atoms with Gasteiger partial charge in [0.1, 0.15) is 17.4 Å². The Morgan fingerprint density at radius 1 is 1.15 bits per heavy atom. The molecule has 170 valence electrons. The third kappa shape index (κ3) is 6.04. The molecule has 0 saturated carbocycles. The van der Waals surface area contributed by atoms with Gasteiger partial charge < -0.3 is 9.64 Å². The minimum atomic E-state index is -0.150. The summed E-state index contributed by atoms with van der Waals surface area (Å²) in [4.78, 5) is 29.5. The van der Waals surface area contributed by atoms with Crippen molar-refractivity contribution < 1.29 is 9.53 Å². The Kier molecular flexibility index (Phi) is 7.14. The van der Waals surface area contributed by atoms with E-state index in [1.165, 1.54) is 0 Å². The summed E-state index contributed by atoms with van der Waals surface area (Å²) in [5, 5.41) is 8.26. The molecule has 0 atom stereocenters. The molecule has 0 fully saturated rings. The van der Waals surface area contributed by atoms with Crippen molar-refractivity contribution in [3.63, 3.8) is 0 Å². The smallest absolute Gasteiger partial charge is 0.322 e. The average molecular weight is 463 g/mol. The van der Waals surface area contributed by atoms with E-state index in [1.54, 1.807) is 11.8 Å². The first kappa shape index (κ1) is 22.7. The van der Waals surface area contributed by atoms with Gasteiger partial charge in [-0.1, -0.05) is 41.7 Å². The summed E-state index contributed by atoms with van der Waals surface area (Å²) in [5.74, 6) is 0.797. The van der Waals surface area contributed by atoms with Gasteiger partial charge in [0, 0.05) is 43.1 Å². The van der Waals surface area contributed by atoms with Crippen LogP contribution in [0.15, 0.2) is 59.4 Å². The van der Waals surface area contributed by atoms with Crippen molar-refractivity contribution in [2.24, 2.45) is 0 Å². The number of nitrogens with one attached hydrogen (secondary N) is 1. The fourth-order valence-electron chi connectivity index (χ4n) is 3.72. The molecule has 2 aromatic carbocycles. The number of pyridine rings is 1. The molecule has 0 bridgehead atoms. The van der Waals surface area contributed by atoms with E-state index >= 15 is 0 Å². The number of carbonyl (C=O) groups is 1. The van der Waals surface area contributed by atoms with Crippen LogP contribution in [0.1, 0.15) is 35.2 Å². The summed E-state index contributed by atoms with van der Waals surface area (Å²) in [6.07, 6.45) is 1.42. The van der Waals surface area contributed by atoms with Gasteiger partial charge in [-0.2, -0.15) is 5.10 Å². The van der Waals surface area contributed by atoms with E-state index in [9.17, 15) is 9.59 Å². The van der Waals surface area contributed by atoms with E-state index < -0.39 is 0 Å². The molecule has 0 radical (unpaired) electrons. The maximum Gasteiger partial charge on any atom is 0.322 e. The molecule has 0 unspecified atom stereocenters. The van der Waals surface area contributed by atoms with Crippen molar-refractivity contribution >= 4 is 28.1 Å². The van der Waals surface area contributed by atoms with Crippen LogP contribution in [0.4, 0.5) is 0 Å². The zero-order valence-electron chi connectivity index (χ0n) is 18.7. The first-order valence-corrected chi connectivity index (χ1v) is 11.7. The fraction of sp³-hybridized carbons (Fsp3) is 0.280. The van der Waals surface area contributed by atoms with Crippen molar-refractivity contribution in [3.05, 3.63) is 86.1 Å². The quantitative estimate of drug-likeness (QED) is 0.402. The number of carbonyl (C=O) groups excluding carboxylic acids is 1. The van der Waals surface area contributed by atoms with Gasteiger partial charge >= 0.3 is 4.87 Å². The SMILES string of the molecule is CC(=O)N(CCCc1n[nH]c(=O)s1)Cc1ccc(OCc2cc(C)nc3ccccc23)cc1. The van der Waals surface area contributed by atoms with Crippen molar-refractivity contribution in [1.82, 2.24) is 20.1 Å². The summed E-state index contributed by atoms with van der Waals surface area (Å²) < 4.78 is 6.04. The lowest BCUT2D eigenvalue weighted by Crippen LogP contribution is -2.29. The minimum absolute atomic E-state index is 0.0190. The Labute approximate surface area is 196 Å². The highest BCUT2D eigenvalue weighted by Gasteiger charge is 2.11. The van der Waals surface area contributed by atoms with Gasteiger partial charge in [-0.15, -0.1) is 0 Å². The molecule has 0 spiro atoms. The maximum absolute atomic E-state index is 12.1. The van der Waals surface area contributed by atoms with Gasteiger partial charge in [0.25, 0.3) is 0 Å². The summed E-state index contributed by atoms with van der Waals surface area (Å²) in [6.45, 7) is 5.16. The summed E-state index contributed by atoms with van der Waals surface area (Å²) in [6, 6.07) is 18.0. The first-order chi connectivity index (χ1) is 16.0. The van der Waals surface area contributed by atoms with Crippen LogP contribution < -0.4 is 9.61 Å². The lowest BCUT2D eigenvalue weighted by atomic mass is 10.1. The van der Waals surface area contributed by atoms with Crippen LogP contribution in [0.2, 0.25) is 0 Å². The Hall–Kier alpha value is -3.52. The van der Waals surface area contributed by atoms with E-state index in [4.69, 9.17) is 4.74 Å². The van der Waals surface area contributed by atoms with Crippen LogP contribution in [0.5, 0.6) is 5.75 Å². The number of benzene rings is 2. The second kappa shape index (κ2) is 10.4. The van der Waals surface area contributed by atoms with Gasteiger partial charge in [0.2, 0.25) is 5.91 Å². The van der Waals surface area contributed by atoms with Crippen LogP contribution in [0.25, 0.3) is 10.9 Å². The third-order valence-electron chi connectivity index (χ3n) is 5.37. The Morgan fingerprint density at radius 2 is 1.94 bits per heavy atom. The van der Waals surface area contributed by atoms with Crippen molar-refractivity contribution in [2.45, 2.75) is 39.8 Å². The van der Waals surface area contributed by atoms with Gasteiger partial charge in [0.05, 0.1) is 5.52 Å². The van der Waals surface area contributed by atoms with Gasteiger partial charge in [0.15, 0.2) is 0 Å². The third-order valence-corrected chi connectivity index (χ3v) is 6.18. The zero-order chi connectivity index (χ0) is 23.2. The van der Waals surface area contributed by atoms with Crippen LogP contribution in [0, 0.1) is 6.92 Å². The van der Waals surface area contributed by atoms with E-state index in [0.717, 1.165) is 56.2 Å². The highest BCUT2D eigenvalue weighted by atomic mass is 32.1. The molecular formula is C25H26N4O3S. The lowest BCUT2D eigenvalue weighted by Gasteiger charge is -2.21. The summed E-state index contributed by atoms with van der Waals surface area (Å²) in [7, 11) is 0. The molecule has 33 heavy (non-hydrogen) atoms. The average Bonchev–Trinajstić information content (AvgIpc) is 3.22. The number of para-hydroxylation sites is 1. The van der Waals surface area contributed by atoms with E-state index in [2.05, 4.69) is 27.3 Å². The Bertz CT molecular complexity index is 1300. The van der Waals surface area contributed by atoms with Gasteiger partial charge in [-0.3, -0.25) is 14.6 Å². The molecule has 4 aromatic rings. The molecule has 0 aliphatic carbocycles. The van der Waals surface area contributed by atoms with E-state index in [-0.39, 0.29) is 10.8 Å². The molecular weight excluding hydrogens is 436 g/mol. The highest BCUT2D eigenvalue weighted by molar-refractivity contribution is 7.08. The van der Waals surface area contributed by atoms with Crippen molar-refractivity contribution in [3.8, 4) is 5.75 Å². The van der Waals surface area contributed by atoms with Gasteiger partial charge in [-0.25, -0.2) is 5.10 Å². The Balaban J connectivity index is 1.34. The molecule has 0 saturated heterocycles. The van der Waals surface area contributed by atoms with Gasteiger partial charge in [-0.05, 0) is 43.2 Å². The lowest BCUT2D eigenvalue weighted by molar-refractivity contribution is -0.129. The second-order valence-corrected chi connectivity index (χ2v) is 8.97. The number of aromatic amines is 1. The van der Waals surface area contributed by atoms with E-state index in [0.29, 0.717) is 26.1 Å². The number of amides is 1. The standard InChI is InChI=1S/C25H26N4O3S/c1-17-14-20(22-6-3-4-7-23(22)26-17)16-32-21-11-9-19(10-12-21)15-29(18(2)30)13-5-8-24-27-28-25(31)33-24/h3-4,6-7,9-12,14H,5,8,13,15-16H2,1-2H3,(H,28,31). The molecule has 8 heteroatoms. The molecule has 0 aliphatic heterocycles. The molecule has 2 heterocycles. The minimum Gasteiger partial charge on any atom is -0.489 e. The second-order valence-electron chi connectivity index (χ2n) is 7.92. The summed E-state index contributed by atoms with van der Waals surface area (Å²) in [5.41, 5.74) is 4.07.